The number of nitrogens with zero attached hydrogens (tertiary/aromatic N) is 3. The molecule has 0 radical (unpaired) electrons. The molecule has 0 bridgehead atoms. The summed E-state index contributed by atoms with van der Waals surface area (Å²) in [4.78, 5) is 23.7. The molecule has 0 saturated carbocycles. The topological polar surface area (TPSA) is 79.4 Å². The predicted octanol–water partition coefficient (Wildman–Crippen LogP) is 2.74. The molecule has 0 unspecified atom stereocenters. The third-order valence-electron chi connectivity index (χ3n) is 4.91. The number of aromatic nitrogens is 2. The molecule has 3 aromatic rings. The predicted molar refractivity (Wildman–Crippen MR) is 109 cm³/mol. The number of carbonyl (C=O) groups is 1. The van der Waals surface area contributed by atoms with Crippen molar-refractivity contribution >= 4 is 28.4 Å². The lowest BCUT2D eigenvalue weighted by atomic mass is 10.1. The maximum absolute atomic E-state index is 12.8. The summed E-state index contributed by atoms with van der Waals surface area (Å²) in [5.74, 6) is 1.11. The number of aryl methyl sites for hydroxylation is 1. The number of nitrogens with one attached hydrogen (secondary N) is 2. The summed E-state index contributed by atoms with van der Waals surface area (Å²) in [6.07, 6.45) is 1.79. The van der Waals surface area contributed by atoms with E-state index in [2.05, 4.69) is 20.6 Å². The number of amides is 1. The first-order valence-electron chi connectivity index (χ1n) is 9.33. The number of piperazine rings is 1. The van der Waals surface area contributed by atoms with E-state index in [9.17, 15) is 4.79 Å². The number of anilines is 2. The van der Waals surface area contributed by atoms with Crippen LogP contribution in [0.3, 0.4) is 0 Å². The van der Waals surface area contributed by atoms with Crippen LogP contribution < -0.4 is 15.4 Å². The molecule has 0 atom stereocenters. The van der Waals surface area contributed by atoms with Gasteiger partial charge in [0, 0.05) is 43.3 Å². The summed E-state index contributed by atoms with van der Waals surface area (Å²) in [6.45, 7) is 5.07. The van der Waals surface area contributed by atoms with Crippen molar-refractivity contribution in [2.24, 2.45) is 0 Å². The van der Waals surface area contributed by atoms with Gasteiger partial charge in [0.05, 0.1) is 18.3 Å². The van der Waals surface area contributed by atoms with Crippen molar-refractivity contribution in [2.75, 3.05) is 38.6 Å². The van der Waals surface area contributed by atoms with Crippen LogP contribution in [0, 0.1) is 6.92 Å². The van der Waals surface area contributed by atoms with E-state index < -0.39 is 0 Å². The van der Waals surface area contributed by atoms with Crippen molar-refractivity contribution < 1.29 is 9.53 Å². The summed E-state index contributed by atoms with van der Waals surface area (Å²) < 4.78 is 5.46. The van der Waals surface area contributed by atoms with E-state index in [0.717, 1.165) is 29.6 Å². The van der Waals surface area contributed by atoms with Crippen LogP contribution in [0.2, 0.25) is 0 Å². The maximum atomic E-state index is 12.8. The Morgan fingerprint density at radius 1 is 1.21 bits per heavy atom. The number of benzene rings is 2. The summed E-state index contributed by atoms with van der Waals surface area (Å²) in [5, 5.41) is 7.46. The molecule has 1 aliphatic rings. The van der Waals surface area contributed by atoms with Crippen LogP contribution in [0.5, 0.6) is 5.75 Å². The highest BCUT2D eigenvalue weighted by Gasteiger charge is 2.19. The minimum absolute atomic E-state index is 0.0162. The molecule has 7 nitrogen and oxygen atoms in total. The molecule has 7 heteroatoms. The molecule has 1 aliphatic heterocycles. The van der Waals surface area contributed by atoms with Crippen LogP contribution in [0.1, 0.15) is 15.9 Å². The van der Waals surface area contributed by atoms with Gasteiger partial charge in [0.25, 0.3) is 5.91 Å². The molecule has 144 valence electrons. The van der Waals surface area contributed by atoms with E-state index in [-0.39, 0.29) is 5.91 Å². The van der Waals surface area contributed by atoms with E-state index in [0.29, 0.717) is 36.0 Å². The molecule has 4 rings (SSSR count). The molecule has 28 heavy (non-hydrogen) atoms. The zero-order valence-corrected chi connectivity index (χ0v) is 16.0. The van der Waals surface area contributed by atoms with Gasteiger partial charge in [-0.05, 0) is 30.7 Å². The molecule has 2 N–H and O–H groups in total. The zero-order chi connectivity index (χ0) is 19.5. The average Bonchev–Trinajstić information content (AvgIpc) is 2.74. The van der Waals surface area contributed by atoms with Gasteiger partial charge in [-0.3, -0.25) is 4.79 Å². The molecule has 2 aromatic carbocycles. The Morgan fingerprint density at radius 2 is 2.04 bits per heavy atom. The third-order valence-corrected chi connectivity index (χ3v) is 4.91. The highest BCUT2D eigenvalue weighted by atomic mass is 16.5. The molecular formula is C21H23N5O2. The second-order valence-electron chi connectivity index (χ2n) is 6.79. The van der Waals surface area contributed by atoms with Gasteiger partial charge < -0.3 is 20.3 Å². The van der Waals surface area contributed by atoms with Crippen molar-refractivity contribution in [3.8, 4) is 5.75 Å². The monoisotopic (exact) mass is 377 g/mol. The Kier molecular flexibility index (Phi) is 5.08. The second-order valence-corrected chi connectivity index (χ2v) is 6.79. The van der Waals surface area contributed by atoms with Crippen molar-refractivity contribution in [3.05, 3.63) is 53.7 Å². The standard InChI is InChI=1S/C21H23N5O2/c1-14-4-3-5-16-13-23-21(25-19(14)16)24-17-12-15(6-7-18(17)28-2)20(27)26-10-8-22-9-11-26/h3-7,12-13,22H,8-11H2,1-2H3,(H,23,24,25). The van der Waals surface area contributed by atoms with Gasteiger partial charge in [-0.2, -0.15) is 0 Å². The molecule has 2 heterocycles. The highest BCUT2D eigenvalue weighted by Crippen LogP contribution is 2.29. The van der Waals surface area contributed by atoms with Gasteiger partial charge in [0.1, 0.15) is 5.75 Å². The molecule has 1 amide bonds. The van der Waals surface area contributed by atoms with E-state index in [4.69, 9.17) is 4.74 Å². The molecule has 1 saturated heterocycles. The van der Waals surface area contributed by atoms with Crippen LogP contribution in [-0.2, 0) is 0 Å². The fraction of sp³-hybridized carbons (Fsp3) is 0.286. The van der Waals surface area contributed by atoms with Gasteiger partial charge in [-0.25, -0.2) is 9.97 Å². The minimum Gasteiger partial charge on any atom is -0.495 e. The van der Waals surface area contributed by atoms with E-state index in [1.807, 2.05) is 30.0 Å². The molecule has 0 spiro atoms. The quantitative estimate of drug-likeness (QED) is 0.728. The number of ether oxygens (including phenoxy) is 1. The molecule has 0 aliphatic carbocycles. The first-order chi connectivity index (χ1) is 13.7. The van der Waals surface area contributed by atoms with Crippen LogP contribution in [0.4, 0.5) is 11.6 Å². The number of methoxy groups -OCH3 is 1. The first kappa shape index (κ1) is 18.2. The number of hydrogen-bond acceptors (Lipinski definition) is 6. The Hall–Kier alpha value is -3.19. The summed E-state index contributed by atoms with van der Waals surface area (Å²) in [7, 11) is 1.60. The zero-order valence-electron chi connectivity index (χ0n) is 16.0. The van der Waals surface area contributed by atoms with E-state index >= 15 is 0 Å². The number of hydrogen-bond donors (Lipinski definition) is 2. The van der Waals surface area contributed by atoms with Crippen LogP contribution >= 0.6 is 0 Å². The van der Waals surface area contributed by atoms with Crippen molar-refractivity contribution in [1.82, 2.24) is 20.2 Å². The Balaban J connectivity index is 1.64. The Morgan fingerprint density at radius 3 is 2.82 bits per heavy atom. The van der Waals surface area contributed by atoms with Gasteiger partial charge in [-0.15, -0.1) is 0 Å². The maximum Gasteiger partial charge on any atom is 0.254 e. The van der Waals surface area contributed by atoms with Crippen LogP contribution in [-0.4, -0.2) is 54.1 Å². The lowest BCUT2D eigenvalue weighted by Gasteiger charge is -2.27. The fourth-order valence-corrected chi connectivity index (χ4v) is 3.37. The Labute approximate surface area is 163 Å². The largest absolute Gasteiger partial charge is 0.495 e. The van der Waals surface area contributed by atoms with Gasteiger partial charge >= 0.3 is 0 Å². The van der Waals surface area contributed by atoms with E-state index in [1.54, 1.807) is 31.5 Å². The lowest BCUT2D eigenvalue weighted by molar-refractivity contribution is 0.0736. The SMILES string of the molecule is COc1ccc(C(=O)N2CCNCC2)cc1Nc1ncc2cccc(C)c2n1. The minimum atomic E-state index is 0.0162. The van der Waals surface area contributed by atoms with Gasteiger partial charge in [0.15, 0.2) is 0 Å². The first-order valence-corrected chi connectivity index (χ1v) is 9.33. The Bertz CT molecular complexity index is 1010. The number of rotatable bonds is 4. The fourth-order valence-electron chi connectivity index (χ4n) is 3.37. The van der Waals surface area contributed by atoms with Crippen molar-refractivity contribution in [2.45, 2.75) is 6.92 Å². The van der Waals surface area contributed by atoms with E-state index in [1.165, 1.54) is 0 Å². The summed E-state index contributed by atoms with van der Waals surface area (Å²) in [6, 6.07) is 11.4. The highest BCUT2D eigenvalue weighted by molar-refractivity contribution is 5.96. The van der Waals surface area contributed by atoms with Crippen LogP contribution in [0.15, 0.2) is 42.6 Å². The van der Waals surface area contributed by atoms with Gasteiger partial charge in [0.2, 0.25) is 5.95 Å². The van der Waals surface area contributed by atoms with Crippen molar-refractivity contribution in [3.63, 3.8) is 0 Å². The average molecular weight is 377 g/mol. The number of fused-ring (bicyclic) bond motifs is 1. The molecule has 1 fully saturated rings. The molecule has 1 aromatic heterocycles. The lowest BCUT2D eigenvalue weighted by Crippen LogP contribution is -2.46. The molecular weight excluding hydrogens is 354 g/mol. The third kappa shape index (κ3) is 3.61. The van der Waals surface area contributed by atoms with Gasteiger partial charge in [-0.1, -0.05) is 18.2 Å². The summed E-state index contributed by atoms with van der Waals surface area (Å²) >= 11 is 0. The number of para-hydroxylation sites is 1. The van der Waals surface area contributed by atoms with Crippen LogP contribution in [0.25, 0.3) is 10.9 Å². The smallest absolute Gasteiger partial charge is 0.254 e. The number of carbonyl (C=O) groups excluding carboxylic acids is 1. The van der Waals surface area contributed by atoms with Crippen molar-refractivity contribution in [1.29, 1.82) is 0 Å². The second kappa shape index (κ2) is 7.82. The normalized spacial score (nSPS) is 14.1. The summed E-state index contributed by atoms with van der Waals surface area (Å²) in [5.41, 5.74) is 3.25.